The van der Waals surface area contributed by atoms with Gasteiger partial charge in [-0.25, -0.2) is 0 Å². The van der Waals surface area contributed by atoms with Crippen molar-refractivity contribution in [1.29, 1.82) is 0 Å². The van der Waals surface area contributed by atoms with Crippen LogP contribution in [0.2, 0.25) is 0 Å². The van der Waals surface area contributed by atoms with E-state index in [4.69, 9.17) is 4.74 Å². The Balaban J connectivity index is 2.26. The second-order valence-corrected chi connectivity index (χ2v) is 4.49. The number of rotatable bonds is 2. The maximum atomic E-state index is 9.92. The Kier molecular flexibility index (Phi) is 2.79. The van der Waals surface area contributed by atoms with E-state index in [1.54, 1.807) is 0 Å². The van der Waals surface area contributed by atoms with E-state index in [1.165, 1.54) is 0 Å². The van der Waals surface area contributed by atoms with Crippen LogP contribution < -0.4 is 4.74 Å². The number of aliphatic hydroxyl groups is 1. The Hall–Kier alpha value is -0.540. The molecule has 14 heavy (non-hydrogen) atoms. The first-order chi connectivity index (χ1) is 6.72. The summed E-state index contributed by atoms with van der Waals surface area (Å²) in [5, 5.41) is 9.92. The van der Waals surface area contributed by atoms with Crippen LogP contribution in [0.5, 0.6) is 5.75 Å². The summed E-state index contributed by atoms with van der Waals surface area (Å²) in [4.78, 5) is 0. The molecule has 1 aliphatic heterocycles. The summed E-state index contributed by atoms with van der Waals surface area (Å²) in [6.07, 6.45) is 1.40. The van der Waals surface area contributed by atoms with Gasteiger partial charge in [0, 0.05) is 10.0 Å². The Morgan fingerprint density at radius 2 is 2.29 bits per heavy atom. The van der Waals surface area contributed by atoms with Crippen molar-refractivity contribution in [3.8, 4) is 5.75 Å². The van der Waals surface area contributed by atoms with Gasteiger partial charge in [0.1, 0.15) is 18.0 Å². The van der Waals surface area contributed by atoms with Gasteiger partial charge in [-0.05, 0) is 18.6 Å². The van der Waals surface area contributed by atoms with Gasteiger partial charge in [-0.3, -0.25) is 0 Å². The highest BCUT2D eigenvalue weighted by molar-refractivity contribution is 9.10. The minimum atomic E-state index is -0.460. The van der Waals surface area contributed by atoms with E-state index in [0.29, 0.717) is 0 Å². The highest BCUT2D eigenvalue weighted by Gasteiger charge is 2.31. The van der Waals surface area contributed by atoms with Crippen molar-refractivity contribution < 1.29 is 9.84 Å². The molecular weight excluding hydrogens is 244 g/mol. The molecule has 0 fully saturated rings. The third kappa shape index (κ3) is 1.66. The second kappa shape index (κ2) is 3.91. The summed E-state index contributed by atoms with van der Waals surface area (Å²) in [7, 11) is 0. The Labute approximate surface area is 92.0 Å². The number of halogens is 1. The molecule has 2 atom stereocenters. The van der Waals surface area contributed by atoms with Gasteiger partial charge in [0.2, 0.25) is 0 Å². The molecule has 0 saturated heterocycles. The monoisotopic (exact) mass is 256 g/mol. The molecule has 0 radical (unpaired) electrons. The largest absolute Gasteiger partial charge is 0.487 e. The molecule has 0 amide bonds. The molecule has 0 aliphatic carbocycles. The number of hydrogen-bond acceptors (Lipinski definition) is 2. The lowest BCUT2D eigenvalue weighted by Gasteiger charge is -2.12. The van der Waals surface area contributed by atoms with E-state index in [0.717, 1.165) is 28.6 Å². The number of hydrogen-bond donors (Lipinski definition) is 1. The summed E-state index contributed by atoms with van der Waals surface area (Å²) in [6, 6.07) is 5.76. The van der Waals surface area contributed by atoms with Crippen LogP contribution >= 0.6 is 15.9 Å². The van der Waals surface area contributed by atoms with Gasteiger partial charge in [-0.15, -0.1) is 0 Å². The van der Waals surface area contributed by atoms with Gasteiger partial charge < -0.3 is 9.84 Å². The Morgan fingerprint density at radius 3 is 3.00 bits per heavy atom. The molecule has 1 N–H and O–H groups in total. The van der Waals surface area contributed by atoms with Gasteiger partial charge >= 0.3 is 0 Å². The third-order valence-corrected chi connectivity index (χ3v) is 2.99. The van der Waals surface area contributed by atoms with E-state index in [1.807, 2.05) is 18.2 Å². The zero-order chi connectivity index (χ0) is 10.1. The molecule has 1 aromatic rings. The first-order valence-corrected chi connectivity index (χ1v) is 5.66. The molecule has 1 heterocycles. The van der Waals surface area contributed by atoms with E-state index in [-0.39, 0.29) is 6.10 Å². The first-order valence-electron chi connectivity index (χ1n) is 4.86. The van der Waals surface area contributed by atoms with Crippen LogP contribution in [0.1, 0.15) is 31.4 Å². The van der Waals surface area contributed by atoms with Crippen LogP contribution in [-0.2, 0) is 0 Å². The van der Waals surface area contributed by atoms with Crippen LogP contribution in [0.3, 0.4) is 0 Å². The lowest BCUT2D eigenvalue weighted by atomic mass is 10.0. The van der Waals surface area contributed by atoms with Crippen LogP contribution in [0, 0.1) is 0 Å². The predicted octanol–water partition coefficient (Wildman–Crippen LogP) is 3.04. The number of fused-ring (bicyclic) bond motifs is 1. The van der Waals surface area contributed by atoms with Crippen molar-refractivity contribution in [3.63, 3.8) is 0 Å². The molecular formula is C11H13BrO2. The van der Waals surface area contributed by atoms with E-state index in [9.17, 15) is 5.11 Å². The van der Waals surface area contributed by atoms with Crippen LogP contribution in [-0.4, -0.2) is 11.2 Å². The molecule has 0 bridgehead atoms. The third-order valence-electron chi connectivity index (χ3n) is 2.50. The average Bonchev–Trinajstić information content (AvgIpc) is 2.44. The Bertz CT molecular complexity index is 338. The maximum absolute atomic E-state index is 9.92. The number of aliphatic hydroxyl groups excluding tert-OH is 1. The minimum absolute atomic E-state index is 0.0655. The summed E-state index contributed by atoms with van der Waals surface area (Å²) in [5.41, 5.74) is 0.909. The molecule has 0 saturated carbocycles. The first kappa shape index (κ1) is 9.99. The predicted molar refractivity (Wildman–Crippen MR) is 58.4 cm³/mol. The fourth-order valence-corrected chi connectivity index (χ4v) is 2.12. The fourth-order valence-electron chi connectivity index (χ4n) is 1.78. The van der Waals surface area contributed by atoms with Crippen molar-refractivity contribution in [2.24, 2.45) is 0 Å². The van der Waals surface area contributed by atoms with E-state index in [2.05, 4.69) is 22.9 Å². The molecule has 0 spiro atoms. The zero-order valence-electron chi connectivity index (χ0n) is 8.03. The van der Waals surface area contributed by atoms with E-state index < -0.39 is 6.10 Å². The van der Waals surface area contributed by atoms with Crippen molar-refractivity contribution in [1.82, 2.24) is 0 Å². The number of ether oxygens (including phenoxy) is 1. The van der Waals surface area contributed by atoms with Crippen molar-refractivity contribution in [2.45, 2.75) is 32.0 Å². The molecule has 2 nitrogen and oxygen atoms in total. The van der Waals surface area contributed by atoms with Gasteiger partial charge in [-0.2, -0.15) is 0 Å². The molecule has 76 valence electrons. The highest BCUT2D eigenvalue weighted by Crippen LogP contribution is 2.39. The molecule has 1 aliphatic rings. The van der Waals surface area contributed by atoms with Gasteiger partial charge in [0.25, 0.3) is 0 Å². The summed E-state index contributed by atoms with van der Waals surface area (Å²) >= 11 is 3.38. The van der Waals surface area contributed by atoms with Crippen LogP contribution in [0.25, 0.3) is 0 Å². The molecule has 2 rings (SSSR count). The minimum Gasteiger partial charge on any atom is -0.487 e. The topological polar surface area (TPSA) is 29.5 Å². The smallest absolute Gasteiger partial charge is 0.129 e. The van der Waals surface area contributed by atoms with Crippen molar-refractivity contribution >= 4 is 15.9 Å². The molecule has 3 heteroatoms. The lowest BCUT2D eigenvalue weighted by molar-refractivity contribution is 0.0616. The van der Waals surface area contributed by atoms with Gasteiger partial charge in [-0.1, -0.05) is 35.3 Å². The quantitative estimate of drug-likeness (QED) is 0.882. The van der Waals surface area contributed by atoms with Crippen molar-refractivity contribution in [3.05, 3.63) is 28.2 Å². The second-order valence-electron chi connectivity index (χ2n) is 3.57. The maximum Gasteiger partial charge on any atom is 0.129 e. The average molecular weight is 257 g/mol. The summed E-state index contributed by atoms with van der Waals surface area (Å²) in [5.74, 6) is 0.810. The number of benzene rings is 1. The van der Waals surface area contributed by atoms with Crippen LogP contribution in [0.4, 0.5) is 0 Å². The highest BCUT2D eigenvalue weighted by atomic mass is 79.9. The Morgan fingerprint density at radius 1 is 1.50 bits per heavy atom. The zero-order valence-corrected chi connectivity index (χ0v) is 9.62. The summed E-state index contributed by atoms with van der Waals surface area (Å²) in [6.45, 7) is 2.09. The van der Waals surface area contributed by atoms with Gasteiger partial charge in [0.15, 0.2) is 0 Å². The lowest BCUT2D eigenvalue weighted by Crippen LogP contribution is -2.17. The molecule has 1 aromatic carbocycles. The SMILES string of the molecule is CCCC1Oc2cc(Br)ccc2C1O. The fraction of sp³-hybridized carbons (Fsp3) is 0.455. The van der Waals surface area contributed by atoms with Crippen molar-refractivity contribution in [2.75, 3.05) is 0 Å². The van der Waals surface area contributed by atoms with Crippen LogP contribution in [0.15, 0.2) is 22.7 Å². The van der Waals surface area contributed by atoms with E-state index >= 15 is 0 Å². The molecule has 2 unspecified atom stereocenters. The normalized spacial score (nSPS) is 24.5. The standard InChI is InChI=1S/C11H13BrO2/c1-2-3-9-11(13)8-5-4-7(12)6-10(8)14-9/h4-6,9,11,13H,2-3H2,1H3. The summed E-state index contributed by atoms with van der Waals surface area (Å²) < 4.78 is 6.65. The van der Waals surface area contributed by atoms with Gasteiger partial charge in [0.05, 0.1) is 0 Å². The molecule has 0 aromatic heterocycles.